The summed E-state index contributed by atoms with van der Waals surface area (Å²) < 4.78 is 13.8. The highest BCUT2D eigenvalue weighted by molar-refractivity contribution is 9.10. The minimum atomic E-state index is -0.342. The van der Waals surface area contributed by atoms with Gasteiger partial charge in [0.2, 0.25) is 0 Å². The maximum absolute atomic E-state index is 13.5. The lowest BCUT2D eigenvalue weighted by Gasteiger charge is -2.01. The Morgan fingerprint density at radius 1 is 1.26 bits per heavy atom. The van der Waals surface area contributed by atoms with E-state index in [-0.39, 0.29) is 5.82 Å². The summed E-state index contributed by atoms with van der Waals surface area (Å²) in [4.78, 5) is 7.44. The molecule has 0 radical (unpaired) electrons. The molecule has 0 amide bonds. The average Bonchev–Trinajstić information content (AvgIpc) is 2.72. The summed E-state index contributed by atoms with van der Waals surface area (Å²) in [6, 6.07) is 8.18. The van der Waals surface area contributed by atoms with Crippen LogP contribution in [0.15, 0.2) is 34.8 Å². The summed E-state index contributed by atoms with van der Waals surface area (Å²) in [7, 11) is 0. The van der Waals surface area contributed by atoms with Gasteiger partial charge in [-0.05, 0) is 40.2 Å². The van der Waals surface area contributed by atoms with Gasteiger partial charge in [-0.3, -0.25) is 0 Å². The fourth-order valence-corrected chi connectivity index (χ4v) is 2.47. The topological polar surface area (TPSA) is 54.7 Å². The molecule has 0 atom stereocenters. The number of hydrogen-bond acceptors (Lipinski definition) is 2. The van der Waals surface area contributed by atoms with E-state index in [9.17, 15) is 4.39 Å². The van der Waals surface area contributed by atoms with E-state index in [4.69, 9.17) is 17.3 Å². The number of hydrogen-bond donors (Lipinski definition) is 2. The lowest BCUT2D eigenvalue weighted by molar-refractivity contribution is 0.623. The molecular formula is C13H8BrClFN3. The second kappa shape index (κ2) is 4.51. The van der Waals surface area contributed by atoms with E-state index in [2.05, 4.69) is 25.9 Å². The van der Waals surface area contributed by atoms with Gasteiger partial charge in [-0.1, -0.05) is 11.6 Å². The summed E-state index contributed by atoms with van der Waals surface area (Å²) in [6.45, 7) is 0. The largest absolute Gasteiger partial charge is 0.399 e. The first-order valence-corrected chi connectivity index (χ1v) is 6.62. The molecule has 3 N–H and O–H groups in total. The number of fused-ring (bicyclic) bond motifs is 1. The number of imidazole rings is 1. The van der Waals surface area contributed by atoms with E-state index in [1.165, 1.54) is 6.07 Å². The summed E-state index contributed by atoms with van der Waals surface area (Å²) in [5.74, 6) is 0.239. The van der Waals surface area contributed by atoms with Gasteiger partial charge in [0.1, 0.15) is 11.6 Å². The Hall–Kier alpha value is -1.59. The van der Waals surface area contributed by atoms with Gasteiger partial charge in [0.25, 0.3) is 0 Å². The molecule has 19 heavy (non-hydrogen) atoms. The predicted molar refractivity (Wildman–Crippen MR) is 78.6 cm³/mol. The maximum atomic E-state index is 13.5. The van der Waals surface area contributed by atoms with E-state index in [1.807, 2.05) is 0 Å². The highest BCUT2D eigenvalue weighted by atomic mass is 79.9. The van der Waals surface area contributed by atoms with Gasteiger partial charge in [-0.15, -0.1) is 0 Å². The van der Waals surface area contributed by atoms with Crippen LogP contribution in [-0.4, -0.2) is 9.97 Å². The Kier molecular flexibility index (Phi) is 2.95. The minimum Gasteiger partial charge on any atom is -0.399 e. The smallest absolute Gasteiger partial charge is 0.140 e. The molecule has 1 aromatic heterocycles. The van der Waals surface area contributed by atoms with Crippen LogP contribution in [0.1, 0.15) is 0 Å². The van der Waals surface area contributed by atoms with Crippen LogP contribution in [0.2, 0.25) is 5.02 Å². The van der Waals surface area contributed by atoms with Crippen molar-refractivity contribution in [2.45, 2.75) is 0 Å². The first kappa shape index (κ1) is 12.4. The van der Waals surface area contributed by atoms with Gasteiger partial charge in [0.15, 0.2) is 0 Å². The van der Waals surface area contributed by atoms with Crippen LogP contribution >= 0.6 is 27.5 Å². The third-order valence-electron chi connectivity index (χ3n) is 2.77. The molecule has 0 saturated heterocycles. The highest BCUT2D eigenvalue weighted by Crippen LogP contribution is 2.30. The van der Waals surface area contributed by atoms with Crippen molar-refractivity contribution < 1.29 is 4.39 Å². The fraction of sp³-hybridized carbons (Fsp3) is 0. The van der Waals surface area contributed by atoms with Gasteiger partial charge in [0.05, 0.1) is 20.5 Å². The molecule has 96 valence electrons. The molecule has 0 aliphatic rings. The van der Waals surface area contributed by atoms with Crippen molar-refractivity contribution in [3.05, 3.63) is 45.6 Å². The standard InChI is InChI=1S/C13H8BrClFN3/c14-8-4-11-12(5-10(8)16)19-13(18-11)7-2-1-6(17)3-9(7)15/h1-5H,17H2,(H,18,19). The van der Waals surface area contributed by atoms with Crippen molar-refractivity contribution in [2.75, 3.05) is 5.73 Å². The normalized spacial score (nSPS) is 11.1. The number of aromatic nitrogens is 2. The summed E-state index contributed by atoms with van der Waals surface area (Å²) in [5.41, 5.74) is 8.23. The van der Waals surface area contributed by atoms with Gasteiger partial charge in [-0.2, -0.15) is 0 Å². The number of halogens is 3. The van der Waals surface area contributed by atoms with Crippen LogP contribution in [-0.2, 0) is 0 Å². The first-order chi connectivity index (χ1) is 9.04. The molecule has 0 saturated carbocycles. The van der Waals surface area contributed by atoms with E-state index >= 15 is 0 Å². The lowest BCUT2D eigenvalue weighted by atomic mass is 10.2. The number of H-pyrrole nitrogens is 1. The molecule has 3 aromatic rings. The number of nitrogen functional groups attached to an aromatic ring is 1. The number of nitrogens with two attached hydrogens (primary N) is 1. The van der Waals surface area contributed by atoms with Gasteiger partial charge >= 0.3 is 0 Å². The molecular weight excluding hydrogens is 333 g/mol. The Morgan fingerprint density at radius 3 is 2.79 bits per heavy atom. The molecule has 0 fully saturated rings. The van der Waals surface area contributed by atoms with Crippen molar-refractivity contribution >= 4 is 44.3 Å². The van der Waals surface area contributed by atoms with Crippen molar-refractivity contribution in [1.29, 1.82) is 0 Å². The molecule has 3 nitrogen and oxygen atoms in total. The van der Waals surface area contributed by atoms with Crippen LogP contribution in [0.4, 0.5) is 10.1 Å². The Balaban J connectivity index is 2.20. The molecule has 1 heterocycles. The van der Waals surface area contributed by atoms with Crippen molar-refractivity contribution in [1.82, 2.24) is 9.97 Å². The second-order valence-corrected chi connectivity index (χ2v) is 5.37. The number of anilines is 1. The molecule has 6 heteroatoms. The summed E-state index contributed by atoms with van der Waals surface area (Å²) >= 11 is 9.27. The third kappa shape index (κ3) is 2.19. The zero-order valence-corrected chi connectivity index (χ0v) is 11.9. The number of aromatic amines is 1. The van der Waals surface area contributed by atoms with E-state index < -0.39 is 0 Å². The van der Waals surface area contributed by atoms with Crippen LogP contribution in [0.3, 0.4) is 0 Å². The minimum absolute atomic E-state index is 0.342. The number of rotatable bonds is 1. The Labute approximate surface area is 121 Å². The zero-order valence-electron chi connectivity index (χ0n) is 9.55. The molecule has 3 rings (SSSR count). The first-order valence-electron chi connectivity index (χ1n) is 5.45. The number of nitrogens with one attached hydrogen (secondary N) is 1. The monoisotopic (exact) mass is 339 g/mol. The number of nitrogens with zero attached hydrogens (tertiary/aromatic N) is 1. The lowest BCUT2D eigenvalue weighted by Crippen LogP contribution is -1.87. The van der Waals surface area contributed by atoms with Crippen molar-refractivity contribution in [3.8, 4) is 11.4 Å². The molecule has 0 aliphatic carbocycles. The van der Waals surface area contributed by atoms with E-state index in [1.54, 1.807) is 24.3 Å². The second-order valence-electron chi connectivity index (χ2n) is 4.11. The fourth-order valence-electron chi connectivity index (χ4n) is 1.86. The zero-order chi connectivity index (χ0) is 13.6. The average molecular weight is 341 g/mol. The molecule has 2 aromatic carbocycles. The summed E-state index contributed by atoms with van der Waals surface area (Å²) in [6.07, 6.45) is 0. The van der Waals surface area contributed by atoms with Crippen LogP contribution in [0.5, 0.6) is 0 Å². The molecule has 0 unspecified atom stereocenters. The molecule has 0 aliphatic heterocycles. The van der Waals surface area contributed by atoms with Crippen LogP contribution in [0.25, 0.3) is 22.4 Å². The van der Waals surface area contributed by atoms with Crippen LogP contribution in [0, 0.1) is 5.82 Å². The Morgan fingerprint density at radius 2 is 2.05 bits per heavy atom. The third-order valence-corrected chi connectivity index (χ3v) is 3.69. The van der Waals surface area contributed by atoms with E-state index in [0.717, 1.165) is 5.56 Å². The highest BCUT2D eigenvalue weighted by Gasteiger charge is 2.11. The van der Waals surface area contributed by atoms with Gasteiger partial charge < -0.3 is 10.7 Å². The SMILES string of the molecule is Nc1ccc(-c2nc3cc(Br)c(F)cc3[nH]2)c(Cl)c1. The predicted octanol–water partition coefficient (Wildman–Crippen LogP) is 4.37. The quantitative estimate of drug-likeness (QED) is 0.646. The summed E-state index contributed by atoms with van der Waals surface area (Å²) in [5, 5.41) is 0.499. The maximum Gasteiger partial charge on any atom is 0.140 e. The van der Waals surface area contributed by atoms with Gasteiger partial charge in [-0.25, -0.2) is 9.37 Å². The molecule has 0 bridgehead atoms. The van der Waals surface area contributed by atoms with E-state index in [0.29, 0.717) is 32.0 Å². The van der Waals surface area contributed by atoms with Gasteiger partial charge in [0, 0.05) is 17.3 Å². The van der Waals surface area contributed by atoms with Crippen LogP contribution < -0.4 is 5.73 Å². The molecule has 0 spiro atoms. The Bertz CT molecular complexity index is 746. The van der Waals surface area contributed by atoms with Crippen molar-refractivity contribution in [3.63, 3.8) is 0 Å². The number of benzene rings is 2. The van der Waals surface area contributed by atoms with Crippen molar-refractivity contribution in [2.24, 2.45) is 0 Å².